The van der Waals surface area contributed by atoms with Crippen molar-refractivity contribution in [3.63, 3.8) is 0 Å². The number of rotatable bonds is 2. The second-order valence-corrected chi connectivity index (χ2v) is 8.17. The van der Waals surface area contributed by atoms with E-state index in [9.17, 15) is 0 Å². The highest BCUT2D eigenvalue weighted by molar-refractivity contribution is 14.1. The molecule has 0 bridgehead atoms. The van der Waals surface area contributed by atoms with Gasteiger partial charge in [-0.15, -0.1) is 0 Å². The van der Waals surface area contributed by atoms with Gasteiger partial charge in [-0.2, -0.15) is 0 Å². The van der Waals surface area contributed by atoms with Gasteiger partial charge in [-0.05, 0) is 77.8 Å². The lowest BCUT2D eigenvalue weighted by atomic mass is 9.76. The summed E-state index contributed by atoms with van der Waals surface area (Å²) in [5, 5.41) is 3.73. The lowest BCUT2D eigenvalue weighted by Crippen LogP contribution is -2.21. The Bertz CT molecular complexity index is 408. The van der Waals surface area contributed by atoms with Crippen LogP contribution in [0.2, 0.25) is 0 Å². The van der Waals surface area contributed by atoms with Crippen molar-refractivity contribution in [2.45, 2.75) is 58.9 Å². The van der Waals surface area contributed by atoms with Gasteiger partial charge in [0.1, 0.15) is 0 Å². The third-order valence-corrected chi connectivity index (χ3v) is 5.06. The number of anilines is 1. The second-order valence-electron chi connectivity index (χ2n) is 6.92. The fourth-order valence-corrected chi connectivity index (χ4v) is 3.67. The van der Waals surface area contributed by atoms with Gasteiger partial charge in [0.2, 0.25) is 0 Å². The fourth-order valence-electron chi connectivity index (χ4n) is 3.13. The summed E-state index contributed by atoms with van der Waals surface area (Å²) >= 11 is 2.38. The van der Waals surface area contributed by atoms with E-state index >= 15 is 0 Å². The maximum Gasteiger partial charge on any atom is 0.0352 e. The van der Waals surface area contributed by atoms with Crippen molar-refractivity contribution >= 4 is 28.3 Å². The minimum atomic E-state index is 0.469. The Labute approximate surface area is 131 Å². The summed E-state index contributed by atoms with van der Waals surface area (Å²) in [5.74, 6) is 0.884. The number of nitrogens with one attached hydrogen (secondary N) is 1. The van der Waals surface area contributed by atoms with Gasteiger partial charge in [-0.25, -0.2) is 0 Å². The molecule has 1 aromatic carbocycles. The van der Waals surface area contributed by atoms with Crippen LogP contribution in [-0.2, 0) is 0 Å². The molecule has 0 heterocycles. The molecular formula is C17H26IN. The molecule has 1 fully saturated rings. The standard InChI is InChI=1S/C17H26IN/c1-17(2,3)13-6-4-8-15(11-10-13)19-16-9-5-7-14(18)12-16/h5,7,9,12-13,15,19H,4,6,8,10-11H2,1-3H3. The Morgan fingerprint density at radius 2 is 1.89 bits per heavy atom. The molecule has 1 nitrogen and oxygen atoms in total. The van der Waals surface area contributed by atoms with E-state index in [1.54, 1.807) is 0 Å². The second kappa shape index (κ2) is 6.47. The molecule has 0 aliphatic heterocycles. The number of benzene rings is 1. The van der Waals surface area contributed by atoms with Gasteiger partial charge in [-0.3, -0.25) is 0 Å². The first kappa shape index (κ1) is 15.1. The first-order valence-corrected chi connectivity index (χ1v) is 8.55. The van der Waals surface area contributed by atoms with Gasteiger partial charge in [0, 0.05) is 15.3 Å². The first-order valence-electron chi connectivity index (χ1n) is 7.47. The minimum Gasteiger partial charge on any atom is -0.382 e. The highest BCUT2D eigenvalue weighted by atomic mass is 127. The number of hydrogen-bond donors (Lipinski definition) is 1. The van der Waals surface area contributed by atoms with E-state index in [1.807, 2.05) is 0 Å². The van der Waals surface area contributed by atoms with Crippen LogP contribution in [0.4, 0.5) is 5.69 Å². The highest BCUT2D eigenvalue weighted by Gasteiger charge is 2.27. The van der Waals surface area contributed by atoms with Crippen molar-refractivity contribution in [1.82, 2.24) is 0 Å². The average Bonchev–Trinajstić information content (AvgIpc) is 2.54. The molecule has 1 saturated carbocycles. The van der Waals surface area contributed by atoms with Crippen molar-refractivity contribution in [2.75, 3.05) is 5.32 Å². The van der Waals surface area contributed by atoms with Crippen LogP contribution < -0.4 is 5.32 Å². The van der Waals surface area contributed by atoms with Gasteiger partial charge >= 0.3 is 0 Å². The summed E-state index contributed by atoms with van der Waals surface area (Å²) in [4.78, 5) is 0. The summed E-state index contributed by atoms with van der Waals surface area (Å²) in [6.45, 7) is 7.18. The van der Waals surface area contributed by atoms with Crippen LogP contribution >= 0.6 is 22.6 Å². The van der Waals surface area contributed by atoms with Crippen LogP contribution in [0, 0.1) is 14.9 Å². The lowest BCUT2D eigenvalue weighted by molar-refractivity contribution is 0.214. The van der Waals surface area contributed by atoms with Crippen LogP contribution in [0.15, 0.2) is 24.3 Å². The molecule has 0 amide bonds. The van der Waals surface area contributed by atoms with Crippen molar-refractivity contribution in [1.29, 1.82) is 0 Å². The largest absolute Gasteiger partial charge is 0.382 e. The normalized spacial score (nSPS) is 24.8. The highest BCUT2D eigenvalue weighted by Crippen LogP contribution is 2.37. The lowest BCUT2D eigenvalue weighted by Gasteiger charge is -2.29. The third-order valence-electron chi connectivity index (χ3n) is 4.39. The molecule has 0 aromatic heterocycles. The molecule has 1 aromatic rings. The quantitative estimate of drug-likeness (QED) is 0.520. The molecule has 0 saturated heterocycles. The van der Waals surface area contributed by atoms with Gasteiger partial charge in [0.25, 0.3) is 0 Å². The minimum absolute atomic E-state index is 0.469. The van der Waals surface area contributed by atoms with Crippen LogP contribution in [0.1, 0.15) is 52.9 Å². The number of halogens is 1. The summed E-state index contributed by atoms with van der Waals surface area (Å²) in [6, 6.07) is 9.37. The Morgan fingerprint density at radius 1 is 1.11 bits per heavy atom. The number of hydrogen-bond acceptors (Lipinski definition) is 1. The van der Waals surface area contributed by atoms with Gasteiger partial charge < -0.3 is 5.32 Å². The molecule has 2 atom stereocenters. The van der Waals surface area contributed by atoms with Crippen molar-refractivity contribution in [2.24, 2.45) is 11.3 Å². The zero-order valence-electron chi connectivity index (χ0n) is 12.4. The van der Waals surface area contributed by atoms with E-state index in [0.717, 1.165) is 5.92 Å². The molecule has 0 spiro atoms. The van der Waals surface area contributed by atoms with E-state index in [2.05, 4.69) is 72.9 Å². The molecule has 2 rings (SSSR count). The summed E-state index contributed by atoms with van der Waals surface area (Å²) in [5.41, 5.74) is 1.75. The van der Waals surface area contributed by atoms with Gasteiger partial charge in [0.05, 0.1) is 0 Å². The smallest absolute Gasteiger partial charge is 0.0352 e. The Balaban J connectivity index is 1.93. The van der Waals surface area contributed by atoms with E-state index in [4.69, 9.17) is 0 Å². The molecule has 2 unspecified atom stereocenters. The molecule has 19 heavy (non-hydrogen) atoms. The van der Waals surface area contributed by atoms with Crippen LogP contribution in [0.3, 0.4) is 0 Å². The summed E-state index contributed by atoms with van der Waals surface area (Å²) in [6.07, 6.45) is 6.76. The van der Waals surface area contributed by atoms with E-state index < -0.39 is 0 Å². The zero-order valence-corrected chi connectivity index (χ0v) is 14.5. The molecule has 2 heteroatoms. The third kappa shape index (κ3) is 4.66. The van der Waals surface area contributed by atoms with Crippen LogP contribution in [-0.4, -0.2) is 6.04 Å². The predicted molar refractivity (Wildman–Crippen MR) is 92.6 cm³/mol. The fraction of sp³-hybridized carbons (Fsp3) is 0.647. The molecular weight excluding hydrogens is 345 g/mol. The predicted octanol–water partition coefficient (Wildman–Crippen LogP) is 5.70. The van der Waals surface area contributed by atoms with Crippen molar-refractivity contribution < 1.29 is 0 Å². The molecule has 0 radical (unpaired) electrons. The van der Waals surface area contributed by atoms with Crippen LogP contribution in [0.25, 0.3) is 0 Å². The Kier molecular flexibility index (Phi) is 5.15. The Morgan fingerprint density at radius 3 is 2.58 bits per heavy atom. The Hall–Kier alpha value is -0.250. The SMILES string of the molecule is CC(C)(C)C1CCCC(Nc2cccc(I)c2)CC1. The van der Waals surface area contributed by atoms with Gasteiger partial charge in [0.15, 0.2) is 0 Å². The van der Waals surface area contributed by atoms with Crippen molar-refractivity contribution in [3.05, 3.63) is 27.8 Å². The van der Waals surface area contributed by atoms with E-state index in [1.165, 1.54) is 41.4 Å². The maximum absolute atomic E-state index is 3.73. The molecule has 1 aliphatic rings. The summed E-state index contributed by atoms with van der Waals surface area (Å²) in [7, 11) is 0. The van der Waals surface area contributed by atoms with Crippen LogP contribution in [0.5, 0.6) is 0 Å². The molecule has 1 aliphatic carbocycles. The van der Waals surface area contributed by atoms with E-state index in [0.29, 0.717) is 11.5 Å². The monoisotopic (exact) mass is 371 g/mol. The topological polar surface area (TPSA) is 12.0 Å². The first-order chi connectivity index (χ1) is 8.95. The zero-order chi connectivity index (χ0) is 13.9. The van der Waals surface area contributed by atoms with Crippen molar-refractivity contribution in [3.8, 4) is 0 Å². The summed E-state index contributed by atoms with van der Waals surface area (Å²) < 4.78 is 1.31. The maximum atomic E-state index is 3.73. The molecule has 106 valence electrons. The van der Waals surface area contributed by atoms with Gasteiger partial charge in [-0.1, -0.05) is 33.3 Å². The average molecular weight is 371 g/mol. The molecule has 1 N–H and O–H groups in total. The van der Waals surface area contributed by atoms with E-state index in [-0.39, 0.29) is 0 Å².